The number of aromatic carboxylic acids is 2. The fourth-order valence-corrected chi connectivity index (χ4v) is 1.10. The molecule has 0 aliphatic heterocycles. The van der Waals surface area contributed by atoms with Crippen LogP contribution in [0.25, 0.3) is 0 Å². The number of nitrogens with zero attached hydrogens (tertiary/aromatic N) is 1. The molecule has 8 nitrogen and oxygen atoms in total. The van der Waals surface area contributed by atoms with Gasteiger partial charge in [-0.15, -0.1) is 0 Å². The zero-order chi connectivity index (χ0) is 12.5. The first kappa shape index (κ1) is 14.9. The van der Waals surface area contributed by atoms with Crippen LogP contribution in [-0.4, -0.2) is 49.3 Å². The zero-order valence-electron chi connectivity index (χ0n) is 8.08. The topological polar surface area (TPSA) is 138 Å². The van der Waals surface area contributed by atoms with Crippen molar-refractivity contribution < 1.29 is 29.8 Å². The van der Waals surface area contributed by atoms with Crippen molar-refractivity contribution in [3.8, 4) is 5.75 Å². The van der Waals surface area contributed by atoms with E-state index in [1.807, 2.05) is 0 Å². The van der Waals surface area contributed by atoms with E-state index in [0.717, 1.165) is 0 Å². The summed E-state index contributed by atoms with van der Waals surface area (Å²) in [4.78, 5) is 30.6. The standard InChI is InChI=1S/C8H5NO7.H2Se/c10-5-2-3(7(11)12)1-4(9(15)16)6(5)8(13)14;/h1-2,10H,(H,11,12)(H,13,14);1H2. The van der Waals surface area contributed by atoms with Gasteiger partial charge in [0.1, 0.15) is 5.75 Å². The van der Waals surface area contributed by atoms with Crippen molar-refractivity contribution in [2.24, 2.45) is 0 Å². The van der Waals surface area contributed by atoms with Crippen molar-refractivity contribution in [3.05, 3.63) is 33.4 Å². The normalized spacial score (nSPS) is 9.18. The van der Waals surface area contributed by atoms with E-state index in [1.54, 1.807) is 0 Å². The molecule has 0 atom stereocenters. The van der Waals surface area contributed by atoms with Crippen molar-refractivity contribution >= 4 is 34.7 Å². The number of benzene rings is 1. The minimum absolute atomic E-state index is 0. The molecule has 1 aromatic rings. The van der Waals surface area contributed by atoms with E-state index in [9.17, 15) is 24.8 Å². The number of rotatable bonds is 3. The molecule has 1 rings (SSSR count). The molecule has 17 heavy (non-hydrogen) atoms. The minimum atomic E-state index is -1.71. The van der Waals surface area contributed by atoms with Gasteiger partial charge in [-0.1, -0.05) is 0 Å². The maximum atomic E-state index is 10.6. The van der Waals surface area contributed by atoms with E-state index in [2.05, 4.69) is 0 Å². The number of carboxylic acid groups (broad SMARTS) is 2. The predicted molar refractivity (Wildman–Crippen MR) is 57.2 cm³/mol. The van der Waals surface area contributed by atoms with Crippen molar-refractivity contribution in [3.63, 3.8) is 0 Å². The number of hydrogen-bond acceptors (Lipinski definition) is 5. The van der Waals surface area contributed by atoms with Gasteiger partial charge in [0.2, 0.25) is 0 Å². The summed E-state index contributed by atoms with van der Waals surface area (Å²) in [7, 11) is 0. The van der Waals surface area contributed by atoms with E-state index in [-0.39, 0.29) is 17.1 Å². The van der Waals surface area contributed by atoms with Gasteiger partial charge in [0, 0.05) is 6.07 Å². The summed E-state index contributed by atoms with van der Waals surface area (Å²) in [6.07, 6.45) is 0. The molecule has 0 heterocycles. The summed E-state index contributed by atoms with van der Waals surface area (Å²) in [5, 5.41) is 36.9. The van der Waals surface area contributed by atoms with E-state index in [0.29, 0.717) is 12.1 Å². The molecule has 0 aromatic heterocycles. The number of carbonyl (C=O) groups is 2. The summed E-state index contributed by atoms with van der Waals surface area (Å²) >= 11 is 0. The van der Waals surface area contributed by atoms with Gasteiger partial charge in [-0.05, 0) is 6.07 Å². The van der Waals surface area contributed by atoms with Crippen LogP contribution in [0.15, 0.2) is 12.1 Å². The number of nitro benzene ring substituents is 1. The Kier molecular flexibility index (Phi) is 4.62. The molecule has 92 valence electrons. The first-order valence-corrected chi connectivity index (χ1v) is 3.82. The average Bonchev–Trinajstić information content (AvgIpc) is 2.15. The van der Waals surface area contributed by atoms with Gasteiger partial charge in [0.25, 0.3) is 5.69 Å². The molecule has 0 fully saturated rings. The predicted octanol–water partition coefficient (Wildman–Crippen LogP) is -0.219. The molecule has 0 unspecified atom stereocenters. The molecule has 0 radical (unpaired) electrons. The van der Waals surface area contributed by atoms with E-state index < -0.39 is 39.4 Å². The van der Waals surface area contributed by atoms with Gasteiger partial charge < -0.3 is 15.3 Å². The molecule has 1 aromatic carbocycles. The van der Waals surface area contributed by atoms with Gasteiger partial charge >= 0.3 is 29.0 Å². The van der Waals surface area contributed by atoms with Crippen LogP contribution in [0.2, 0.25) is 0 Å². The summed E-state index contributed by atoms with van der Waals surface area (Å²) < 4.78 is 0. The molecular weight excluding hydrogens is 301 g/mol. The molecule has 0 spiro atoms. The number of aromatic hydroxyl groups is 1. The SMILES string of the molecule is O=C(O)c1cc(O)c(C(=O)O)c([N+](=O)[O-])c1.[SeH2]. The number of carboxylic acids is 2. The zero-order valence-corrected chi connectivity index (χ0v) is 10.2. The van der Waals surface area contributed by atoms with Crippen LogP contribution in [0.4, 0.5) is 5.69 Å². The Bertz CT molecular complexity index is 499. The van der Waals surface area contributed by atoms with Crippen LogP contribution in [0.3, 0.4) is 0 Å². The molecule has 0 amide bonds. The van der Waals surface area contributed by atoms with Gasteiger partial charge in [0.15, 0.2) is 5.56 Å². The maximum absolute atomic E-state index is 10.6. The average molecular weight is 308 g/mol. The van der Waals surface area contributed by atoms with Crippen LogP contribution in [-0.2, 0) is 0 Å². The fraction of sp³-hybridized carbons (Fsp3) is 0. The van der Waals surface area contributed by atoms with Crippen LogP contribution in [0.5, 0.6) is 5.75 Å². The second-order valence-electron chi connectivity index (χ2n) is 2.76. The van der Waals surface area contributed by atoms with Crippen molar-refractivity contribution in [1.29, 1.82) is 0 Å². The van der Waals surface area contributed by atoms with E-state index >= 15 is 0 Å². The van der Waals surface area contributed by atoms with Crippen LogP contribution >= 0.6 is 0 Å². The van der Waals surface area contributed by atoms with Crippen LogP contribution in [0.1, 0.15) is 20.7 Å². The Morgan fingerprint density at radius 2 is 1.71 bits per heavy atom. The third kappa shape index (κ3) is 2.92. The van der Waals surface area contributed by atoms with Gasteiger partial charge in [0.05, 0.1) is 10.5 Å². The molecule has 0 saturated heterocycles. The van der Waals surface area contributed by atoms with Gasteiger partial charge in [-0.3, -0.25) is 10.1 Å². The fourth-order valence-electron chi connectivity index (χ4n) is 1.10. The molecule has 3 N–H and O–H groups in total. The second kappa shape index (κ2) is 5.28. The third-order valence-electron chi connectivity index (χ3n) is 1.75. The summed E-state index contributed by atoms with van der Waals surface area (Å²) in [6.45, 7) is 0. The van der Waals surface area contributed by atoms with Crippen molar-refractivity contribution in [2.75, 3.05) is 0 Å². The Labute approximate surface area is 104 Å². The van der Waals surface area contributed by atoms with Crippen LogP contribution < -0.4 is 0 Å². The van der Waals surface area contributed by atoms with E-state index in [4.69, 9.17) is 10.2 Å². The molecule has 0 saturated carbocycles. The number of hydrogen-bond donors (Lipinski definition) is 3. The summed E-state index contributed by atoms with van der Waals surface area (Å²) in [6, 6.07) is 1.21. The number of nitro groups is 1. The Morgan fingerprint density at radius 3 is 2.06 bits per heavy atom. The van der Waals surface area contributed by atoms with E-state index in [1.165, 1.54) is 0 Å². The van der Waals surface area contributed by atoms with Crippen molar-refractivity contribution in [2.45, 2.75) is 0 Å². The van der Waals surface area contributed by atoms with Gasteiger partial charge in [-0.25, -0.2) is 9.59 Å². The molecule has 0 aliphatic rings. The number of phenols is 1. The first-order chi connectivity index (χ1) is 7.34. The van der Waals surface area contributed by atoms with Crippen molar-refractivity contribution in [1.82, 2.24) is 0 Å². The summed E-state index contributed by atoms with van der Waals surface area (Å²) in [5.74, 6) is -4.17. The monoisotopic (exact) mass is 309 g/mol. The molecular formula is C8H7NO7Se. The quantitative estimate of drug-likeness (QED) is 0.398. The Morgan fingerprint density at radius 1 is 1.18 bits per heavy atom. The molecule has 9 heteroatoms. The summed E-state index contributed by atoms with van der Waals surface area (Å²) in [5.41, 5.74) is -2.46. The first-order valence-electron chi connectivity index (χ1n) is 3.82. The Hall–Kier alpha value is -2.12. The second-order valence-corrected chi connectivity index (χ2v) is 2.76. The molecule has 0 aliphatic carbocycles. The van der Waals surface area contributed by atoms with Gasteiger partial charge in [-0.2, -0.15) is 0 Å². The Balaban J connectivity index is 0.00000256. The third-order valence-corrected chi connectivity index (χ3v) is 1.75. The van der Waals surface area contributed by atoms with Crippen LogP contribution in [0, 0.1) is 10.1 Å². The molecule has 0 bridgehead atoms.